The average Bonchev–Trinajstić information content (AvgIpc) is 3.20. The Morgan fingerprint density at radius 3 is 2.57 bits per heavy atom. The van der Waals surface area contributed by atoms with Gasteiger partial charge in [-0.1, -0.05) is 12.1 Å². The van der Waals surface area contributed by atoms with Gasteiger partial charge in [0.25, 0.3) is 11.6 Å². The molecule has 0 radical (unpaired) electrons. The van der Waals surface area contributed by atoms with Crippen molar-refractivity contribution < 1.29 is 18.5 Å². The second kappa shape index (κ2) is 8.24. The predicted molar refractivity (Wildman–Crippen MR) is 104 cm³/mol. The van der Waals surface area contributed by atoms with Crippen molar-refractivity contribution in [2.75, 3.05) is 13.1 Å². The lowest BCUT2D eigenvalue weighted by atomic mass is 10.1. The Balaban J connectivity index is 1.86. The number of amides is 2. The molecule has 2 amide bonds. The van der Waals surface area contributed by atoms with E-state index < -0.39 is 0 Å². The lowest BCUT2D eigenvalue weighted by Crippen LogP contribution is -2.31. The Labute approximate surface area is 162 Å². The molecule has 2 N–H and O–H groups in total. The summed E-state index contributed by atoms with van der Waals surface area (Å²) in [7, 11) is 0. The molecule has 0 atom stereocenters. The number of nitrogens with one attached hydrogen (secondary N) is 2. The van der Waals surface area contributed by atoms with Crippen LogP contribution in [0.25, 0.3) is 22.4 Å². The lowest BCUT2D eigenvalue weighted by Gasteiger charge is -2.08. The first-order chi connectivity index (χ1) is 13.4. The third-order valence-corrected chi connectivity index (χ3v) is 4.39. The van der Waals surface area contributed by atoms with Gasteiger partial charge in [-0.15, -0.1) is 0 Å². The van der Waals surface area contributed by atoms with Gasteiger partial charge in [-0.3, -0.25) is 9.59 Å². The summed E-state index contributed by atoms with van der Waals surface area (Å²) < 4.78 is 10.9. The molecule has 0 fully saturated rings. The minimum absolute atomic E-state index is 0.0895. The molecule has 8 nitrogen and oxygen atoms in total. The van der Waals surface area contributed by atoms with E-state index in [0.717, 1.165) is 17.7 Å². The van der Waals surface area contributed by atoms with Gasteiger partial charge in [-0.2, -0.15) is 0 Å². The van der Waals surface area contributed by atoms with Crippen LogP contribution in [0.1, 0.15) is 47.3 Å². The number of pyridine rings is 1. The van der Waals surface area contributed by atoms with Gasteiger partial charge in [0.15, 0.2) is 0 Å². The van der Waals surface area contributed by atoms with E-state index in [1.54, 1.807) is 13.0 Å². The maximum Gasteiger partial charge on any atom is 0.259 e. The van der Waals surface area contributed by atoms with Gasteiger partial charge in [-0.25, -0.2) is 4.98 Å². The molecule has 0 aromatic carbocycles. The molecule has 0 aliphatic rings. The zero-order valence-corrected chi connectivity index (χ0v) is 16.5. The molecule has 28 heavy (non-hydrogen) atoms. The van der Waals surface area contributed by atoms with Crippen molar-refractivity contribution >= 4 is 22.9 Å². The number of carbonyl (C=O) groups excluding carboxylic acids is 2. The zero-order chi connectivity index (χ0) is 20.3. The molecule has 0 unspecified atom stereocenters. The van der Waals surface area contributed by atoms with Gasteiger partial charge >= 0.3 is 0 Å². The third-order valence-electron chi connectivity index (χ3n) is 4.39. The Bertz CT molecular complexity index is 1020. The van der Waals surface area contributed by atoms with Gasteiger partial charge < -0.3 is 19.6 Å². The number of furan rings is 1. The SMILES string of the molecule is CCCNC(=O)CCNC(=O)c1cc(-c2cc(C)oc2C)nc2onc(C)c12. The number of hydrogen-bond acceptors (Lipinski definition) is 6. The van der Waals surface area contributed by atoms with Crippen molar-refractivity contribution in [3.05, 3.63) is 34.9 Å². The highest BCUT2D eigenvalue weighted by Crippen LogP contribution is 2.30. The van der Waals surface area contributed by atoms with E-state index in [0.29, 0.717) is 40.4 Å². The molecule has 8 heteroatoms. The Morgan fingerprint density at radius 1 is 1.11 bits per heavy atom. The summed E-state index contributed by atoms with van der Waals surface area (Å²) in [6.07, 6.45) is 1.09. The lowest BCUT2D eigenvalue weighted by molar-refractivity contribution is -0.120. The molecule has 3 rings (SSSR count). The van der Waals surface area contributed by atoms with E-state index >= 15 is 0 Å². The van der Waals surface area contributed by atoms with Crippen molar-refractivity contribution in [2.45, 2.75) is 40.5 Å². The van der Waals surface area contributed by atoms with Crippen LogP contribution < -0.4 is 10.6 Å². The maximum absolute atomic E-state index is 12.8. The summed E-state index contributed by atoms with van der Waals surface area (Å²) >= 11 is 0. The largest absolute Gasteiger partial charge is 0.466 e. The van der Waals surface area contributed by atoms with E-state index in [2.05, 4.69) is 20.8 Å². The molecule has 148 valence electrons. The molecular formula is C20H24N4O4. The third kappa shape index (κ3) is 4.05. The zero-order valence-electron chi connectivity index (χ0n) is 16.5. The molecule has 3 aromatic heterocycles. The van der Waals surface area contributed by atoms with E-state index in [4.69, 9.17) is 8.94 Å². The van der Waals surface area contributed by atoms with Gasteiger partial charge in [0.2, 0.25) is 5.91 Å². The number of fused-ring (bicyclic) bond motifs is 1. The van der Waals surface area contributed by atoms with Crippen LogP contribution in [0.4, 0.5) is 0 Å². The number of nitrogens with zero attached hydrogens (tertiary/aromatic N) is 2. The van der Waals surface area contributed by atoms with Crippen molar-refractivity contribution in [2.24, 2.45) is 0 Å². The second-order valence-corrected chi connectivity index (χ2v) is 6.69. The van der Waals surface area contributed by atoms with Crippen LogP contribution >= 0.6 is 0 Å². The van der Waals surface area contributed by atoms with E-state index in [1.165, 1.54) is 0 Å². The number of aromatic nitrogens is 2. The van der Waals surface area contributed by atoms with Gasteiger partial charge in [0.1, 0.15) is 11.5 Å². The Morgan fingerprint density at radius 2 is 1.89 bits per heavy atom. The van der Waals surface area contributed by atoms with E-state index in [1.807, 2.05) is 26.8 Å². The predicted octanol–water partition coefficient (Wildman–Crippen LogP) is 3.05. The number of rotatable bonds is 7. The van der Waals surface area contributed by atoms with Crippen LogP contribution in [0.15, 0.2) is 21.1 Å². The minimum atomic E-state index is -0.305. The van der Waals surface area contributed by atoms with Gasteiger partial charge in [0.05, 0.1) is 22.3 Å². The molecule has 0 spiro atoms. The van der Waals surface area contributed by atoms with Crippen molar-refractivity contribution in [3.8, 4) is 11.3 Å². The molecule has 0 aliphatic heterocycles. The summed E-state index contributed by atoms with van der Waals surface area (Å²) in [4.78, 5) is 29.0. The van der Waals surface area contributed by atoms with E-state index in [9.17, 15) is 9.59 Å². The fraction of sp³-hybridized carbons (Fsp3) is 0.400. The van der Waals surface area contributed by atoms with E-state index in [-0.39, 0.29) is 24.8 Å². The standard InChI is InChI=1S/C20H24N4O4/c1-5-7-21-17(25)6-8-22-19(26)15-10-16(14-9-11(2)27-13(14)4)23-20-18(15)12(3)24-28-20/h9-10H,5-8H2,1-4H3,(H,21,25)(H,22,26). The highest BCUT2D eigenvalue weighted by atomic mass is 16.5. The second-order valence-electron chi connectivity index (χ2n) is 6.69. The summed E-state index contributed by atoms with van der Waals surface area (Å²) in [6.45, 7) is 8.31. The van der Waals surface area contributed by atoms with Crippen LogP contribution in [-0.4, -0.2) is 35.0 Å². The Hall–Kier alpha value is -3.16. The monoisotopic (exact) mass is 384 g/mol. The van der Waals surface area contributed by atoms with Gasteiger partial charge in [0, 0.05) is 25.1 Å². The molecular weight excluding hydrogens is 360 g/mol. The highest BCUT2D eigenvalue weighted by molar-refractivity contribution is 6.07. The molecule has 0 aliphatic carbocycles. The van der Waals surface area contributed by atoms with Crippen LogP contribution in [0, 0.1) is 20.8 Å². The first-order valence-corrected chi connectivity index (χ1v) is 9.30. The minimum Gasteiger partial charge on any atom is -0.466 e. The Kier molecular flexibility index (Phi) is 5.77. The molecule has 0 bridgehead atoms. The van der Waals surface area contributed by atoms with Gasteiger partial charge in [-0.05, 0) is 39.3 Å². The molecule has 0 saturated heterocycles. The fourth-order valence-electron chi connectivity index (χ4n) is 3.03. The summed E-state index contributed by atoms with van der Waals surface area (Å²) in [5, 5.41) is 10.1. The number of hydrogen-bond donors (Lipinski definition) is 2. The maximum atomic E-state index is 12.8. The fourth-order valence-corrected chi connectivity index (χ4v) is 3.03. The molecule has 0 saturated carbocycles. The smallest absolute Gasteiger partial charge is 0.259 e. The van der Waals surface area contributed by atoms with Crippen LogP contribution in [0.3, 0.4) is 0 Å². The molecule has 3 aromatic rings. The highest BCUT2D eigenvalue weighted by Gasteiger charge is 2.21. The molecule has 3 heterocycles. The summed E-state index contributed by atoms with van der Waals surface area (Å²) in [5.41, 5.74) is 2.65. The number of aryl methyl sites for hydroxylation is 3. The first kappa shape index (κ1) is 19.6. The number of carbonyl (C=O) groups is 2. The van der Waals surface area contributed by atoms with Crippen LogP contribution in [0.2, 0.25) is 0 Å². The van der Waals surface area contributed by atoms with Crippen molar-refractivity contribution in [1.82, 2.24) is 20.8 Å². The average molecular weight is 384 g/mol. The van der Waals surface area contributed by atoms with Crippen LogP contribution in [0.5, 0.6) is 0 Å². The van der Waals surface area contributed by atoms with Crippen molar-refractivity contribution in [3.63, 3.8) is 0 Å². The normalized spacial score (nSPS) is 11.0. The topological polar surface area (TPSA) is 110 Å². The quantitative estimate of drug-likeness (QED) is 0.648. The summed E-state index contributed by atoms with van der Waals surface area (Å²) in [6, 6.07) is 3.57. The van der Waals surface area contributed by atoms with Crippen molar-refractivity contribution in [1.29, 1.82) is 0 Å². The van der Waals surface area contributed by atoms with Crippen LogP contribution in [-0.2, 0) is 4.79 Å². The summed E-state index contributed by atoms with van der Waals surface area (Å²) in [5.74, 6) is 1.07. The first-order valence-electron chi connectivity index (χ1n) is 9.30.